The zero-order chi connectivity index (χ0) is 10.7. The van der Waals surface area contributed by atoms with E-state index in [4.69, 9.17) is 11.6 Å². The minimum absolute atomic E-state index is 0.246. The molecule has 78 valence electrons. The van der Waals surface area contributed by atoms with E-state index in [0.29, 0.717) is 0 Å². The highest BCUT2D eigenvalue weighted by atomic mass is 35.5. The molecule has 0 bridgehead atoms. The zero-order valence-corrected chi connectivity index (χ0v) is 9.67. The van der Waals surface area contributed by atoms with E-state index in [1.54, 1.807) is 0 Å². The molecule has 2 rings (SSSR count). The van der Waals surface area contributed by atoms with Crippen LogP contribution in [0.2, 0.25) is 0 Å². The van der Waals surface area contributed by atoms with Crippen LogP contribution in [0.15, 0.2) is 42.5 Å². The van der Waals surface area contributed by atoms with Crippen LogP contribution in [0.25, 0.3) is 10.8 Å². The summed E-state index contributed by atoms with van der Waals surface area (Å²) < 4.78 is 0. The third-order valence-corrected chi connectivity index (χ3v) is 3.23. The lowest BCUT2D eigenvalue weighted by atomic mass is 10.0. The minimum Gasteiger partial charge on any atom is -0.123 e. The molecule has 0 aromatic heterocycles. The zero-order valence-electron chi connectivity index (χ0n) is 8.91. The number of hydrogen-bond acceptors (Lipinski definition) is 0. The summed E-state index contributed by atoms with van der Waals surface area (Å²) in [6.07, 6.45) is 1.98. The van der Waals surface area contributed by atoms with E-state index in [1.807, 2.05) is 0 Å². The van der Waals surface area contributed by atoms with Gasteiger partial charge in [-0.25, -0.2) is 0 Å². The molecule has 15 heavy (non-hydrogen) atoms. The van der Waals surface area contributed by atoms with Crippen LogP contribution in [-0.2, 0) is 6.42 Å². The standard InChI is InChI=1S/C14H15Cl/c1-2-13(15)10-12-8-5-7-11-6-3-4-9-14(11)12/h3-9,13H,2,10H2,1H3. The van der Waals surface area contributed by atoms with Crippen LogP contribution in [0.4, 0.5) is 0 Å². The van der Waals surface area contributed by atoms with E-state index in [0.717, 1.165) is 12.8 Å². The first-order valence-electron chi connectivity index (χ1n) is 5.42. The second kappa shape index (κ2) is 4.67. The summed E-state index contributed by atoms with van der Waals surface area (Å²) in [6, 6.07) is 14.9. The van der Waals surface area contributed by atoms with Crippen molar-refractivity contribution in [2.45, 2.75) is 25.1 Å². The Balaban J connectivity index is 2.42. The van der Waals surface area contributed by atoms with Gasteiger partial charge in [0.1, 0.15) is 0 Å². The molecule has 0 fully saturated rings. The number of rotatable bonds is 3. The second-order valence-electron chi connectivity index (χ2n) is 3.85. The van der Waals surface area contributed by atoms with Gasteiger partial charge in [0.25, 0.3) is 0 Å². The lowest BCUT2D eigenvalue weighted by Gasteiger charge is -2.09. The largest absolute Gasteiger partial charge is 0.123 e. The molecule has 0 nitrogen and oxygen atoms in total. The molecule has 1 heteroatoms. The van der Waals surface area contributed by atoms with E-state index < -0.39 is 0 Å². The van der Waals surface area contributed by atoms with Crippen LogP contribution in [0.3, 0.4) is 0 Å². The Bertz CT molecular complexity index is 443. The molecule has 0 saturated carbocycles. The summed E-state index contributed by atoms with van der Waals surface area (Å²) in [5.41, 5.74) is 1.36. The molecule has 0 heterocycles. The van der Waals surface area contributed by atoms with E-state index in [-0.39, 0.29) is 5.38 Å². The first-order valence-corrected chi connectivity index (χ1v) is 5.85. The van der Waals surface area contributed by atoms with Crippen LogP contribution < -0.4 is 0 Å². The summed E-state index contributed by atoms with van der Waals surface area (Å²) in [6.45, 7) is 2.13. The van der Waals surface area contributed by atoms with Gasteiger partial charge in [-0.2, -0.15) is 0 Å². The lowest BCUT2D eigenvalue weighted by Crippen LogP contribution is -2.01. The Morgan fingerprint density at radius 3 is 2.60 bits per heavy atom. The summed E-state index contributed by atoms with van der Waals surface area (Å²) >= 11 is 6.20. The predicted octanol–water partition coefficient (Wildman–Crippen LogP) is 4.40. The molecule has 2 aromatic rings. The molecule has 1 atom stereocenters. The molecule has 0 aliphatic rings. The van der Waals surface area contributed by atoms with Crippen molar-refractivity contribution in [3.63, 3.8) is 0 Å². The van der Waals surface area contributed by atoms with Gasteiger partial charge in [-0.05, 0) is 29.2 Å². The fourth-order valence-electron chi connectivity index (χ4n) is 1.85. The Hall–Kier alpha value is -1.01. The van der Waals surface area contributed by atoms with Crippen molar-refractivity contribution in [1.29, 1.82) is 0 Å². The Kier molecular flexibility index (Phi) is 3.27. The summed E-state index contributed by atoms with van der Waals surface area (Å²) in [7, 11) is 0. The number of alkyl halides is 1. The topological polar surface area (TPSA) is 0 Å². The quantitative estimate of drug-likeness (QED) is 0.670. The van der Waals surface area contributed by atoms with Crippen molar-refractivity contribution in [2.24, 2.45) is 0 Å². The molecule has 0 N–H and O–H groups in total. The molecule has 0 saturated heterocycles. The van der Waals surface area contributed by atoms with Gasteiger partial charge in [-0.3, -0.25) is 0 Å². The van der Waals surface area contributed by atoms with E-state index in [1.165, 1.54) is 16.3 Å². The van der Waals surface area contributed by atoms with Crippen LogP contribution in [0.5, 0.6) is 0 Å². The number of hydrogen-bond donors (Lipinski definition) is 0. The number of fused-ring (bicyclic) bond motifs is 1. The Labute approximate surface area is 95.9 Å². The smallest absolute Gasteiger partial charge is 0.0374 e. The highest BCUT2D eigenvalue weighted by Crippen LogP contribution is 2.21. The SMILES string of the molecule is CCC(Cl)Cc1cccc2ccccc12. The van der Waals surface area contributed by atoms with Crippen molar-refractivity contribution >= 4 is 22.4 Å². The maximum atomic E-state index is 6.20. The fourth-order valence-corrected chi connectivity index (χ4v) is 2.02. The van der Waals surface area contributed by atoms with Crippen LogP contribution in [0.1, 0.15) is 18.9 Å². The monoisotopic (exact) mass is 218 g/mol. The Morgan fingerprint density at radius 2 is 1.80 bits per heavy atom. The summed E-state index contributed by atoms with van der Waals surface area (Å²) in [5.74, 6) is 0. The van der Waals surface area contributed by atoms with Gasteiger partial charge in [0, 0.05) is 5.38 Å². The van der Waals surface area contributed by atoms with Crippen molar-refractivity contribution in [3.8, 4) is 0 Å². The average Bonchev–Trinajstić information content (AvgIpc) is 2.29. The molecule has 2 aromatic carbocycles. The molecular formula is C14H15Cl. The first kappa shape index (κ1) is 10.5. The van der Waals surface area contributed by atoms with Crippen LogP contribution in [0, 0.1) is 0 Å². The molecule has 0 radical (unpaired) electrons. The summed E-state index contributed by atoms with van der Waals surface area (Å²) in [4.78, 5) is 0. The minimum atomic E-state index is 0.246. The normalized spacial score (nSPS) is 12.9. The van der Waals surface area contributed by atoms with Crippen molar-refractivity contribution in [2.75, 3.05) is 0 Å². The van der Waals surface area contributed by atoms with Gasteiger partial charge >= 0.3 is 0 Å². The van der Waals surface area contributed by atoms with E-state index in [2.05, 4.69) is 49.4 Å². The first-order chi connectivity index (χ1) is 7.31. The molecule has 0 amide bonds. The third kappa shape index (κ3) is 2.32. The van der Waals surface area contributed by atoms with Gasteiger partial charge in [0.15, 0.2) is 0 Å². The third-order valence-electron chi connectivity index (χ3n) is 2.76. The van der Waals surface area contributed by atoms with Gasteiger partial charge in [-0.1, -0.05) is 49.4 Å². The second-order valence-corrected chi connectivity index (χ2v) is 4.47. The van der Waals surface area contributed by atoms with Gasteiger partial charge in [0.05, 0.1) is 0 Å². The maximum absolute atomic E-state index is 6.20. The Morgan fingerprint density at radius 1 is 1.07 bits per heavy atom. The van der Waals surface area contributed by atoms with E-state index >= 15 is 0 Å². The molecular weight excluding hydrogens is 204 g/mol. The lowest BCUT2D eigenvalue weighted by molar-refractivity contribution is 0.809. The van der Waals surface area contributed by atoms with Gasteiger partial charge < -0.3 is 0 Å². The number of benzene rings is 2. The van der Waals surface area contributed by atoms with Crippen LogP contribution >= 0.6 is 11.6 Å². The van der Waals surface area contributed by atoms with Gasteiger partial charge in [0.2, 0.25) is 0 Å². The van der Waals surface area contributed by atoms with Crippen LogP contribution in [-0.4, -0.2) is 5.38 Å². The predicted molar refractivity (Wildman–Crippen MR) is 67.6 cm³/mol. The van der Waals surface area contributed by atoms with Crippen molar-refractivity contribution < 1.29 is 0 Å². The highest BCUT2D eigenvalue weighted by Gasteiger charge is 2.05. The van der Waals surface area contributed by atoms with Gasteiger partial charge in [-0.15, -0.1) is 11.6 Å². The molecule has 1 unspecified atom stereocenters. The highest BCUT2D eigenvalue weighted by molar-refractivity contribution is 6.20. The summed E-state index contributed by atoms with van der Waals surface area (Å²) in [5, 5.41) is 2.88. The fraction of sp³-hybridized carbons (Fsp3) is 0.286. The molecule has 0 spiro atoms. The number of halogens is 1. The maximum Gasteiger partial charge on any atom is 0.0374 e. The average molecular weight is 219 g/mol. The van der Waals surface area contributed by atoms with Crippen molar-refractivity contribution in [3.05, 3.63) is 48.0 Å². The molecule has 0 aliphatic carbocycles. The van der Waals surface area contributed by atoms with E-state index in [9.17, 15) is 0 Å². The van der Waals surface area contributed by atoms with Crippen molar-refractivity contribution in [1.82, 2.24) is 0 Å². The molecule has 0 aliphatic heterocycles.